The van der Waals surface area contributed by atoms with Crippen molar-refractivity contribution in [3.63, 3.8) is 0 Å². The van der Waals surface area contributed by atoms with E-state index < -0.39 is 55.5 Å². The third-order valence-electron chi connectivity index (χ3n) is 6.05. The third kappa shape index (κ3) is 4.87. The van der Waals surface area contributed by atoms with Crippen molar-refractivity contribution in [1.82, 2.24) is 0 Å². The second-order valence-corrected chi connectivity index (χ2v) is 8.45. The van der Waals surface area contributed by atoms with E-state index >= 15 is 0 Å². The molecular weight excluding hydrogens is 490 g/mol. The van der Waals surface area contributed by atoms with Gasteiger partial charge >= 0.3 is 0 Å². The molecule has 0 bridgehead atoms. The number of fused-ring (bicyclic) bond motifs is 2. The van der Waals surface area contributed by atoms with Crippen LogP contribution in [0.5, 0.6) is 11.5 Å². The maximum absolute atomic E-state index is 13.5. The highest BCUT2D eigenvalue weighted by atomic mass is 16.7. The van der Waals surface area contributed by atoms with E-state index in [0.29, 0.717) is 0 Å². The Morgan fingerprint density at radius 1 is 0.946 bits per heavy atom. The molecule has 9 N–H and O–H groups in total. The lowest BCUT2D eigenvalue weighted by molar-refractivity contribution is -0.277. The smallest absolute Gasteiger partial charge is 0.229 e. The number of aliphatic imine (C=N–C) groups is 1. The van der Waals surface area contributed by atoms with Crippen molar-refractivity contribution in [3.8, 4) is 11.5 Å². The fourth-order valence-corrected chi connectivity index (χ4v) is 4.25. The van der Waals surface area contributed by atoms with Gasteiger partial charge in [-0.25, -0.2) is 4.99 Å². The van der Waals surface area contributed by atoms with Crippen molar-refractivity contribution in [2.24, 2.45) is 16.5 Å². The molecule has 13 heteroatoms. The summed E-state index contributed by atoms with van der Waals surface area (Å²) >= 11 is 0. The van der Waals surface area contributed by atoms with Gasteiger partial charge in [-0.3, -0.25) is 9.59 Å². The SMILES string of the molecule is NC(N)=NCc1cc2c(c(OCCO)c1O[C@@H]1O[C@@H](CO)[C@H](O)[C@@H](O)[C@@H]1O)C(=O)c1ccccc1C2=O. The van der Waals surface area contributed by atoms with Crippen LogP contribution in [0.25, 0.3) is 0 Å². The minimum atomic E-state index is -1.78. The molecule has 37 heavy (non-hydrogen) atoms. The number of carbonyl (C=O) groups excluding carboxylic acids is 2. The van der Waals surface area contributed by atoms with Gasteiger partial charge in [0.05, 0.1) is 25.3 Å². The van der Waals surface area contributed by atoms with Gasteiger partial charge in [-0.2, -0.15) is 0 Å². The number of guanidine groups is 1. The molecule has 0 aromatic heterocycles. The molecule has 0 amide bonds. The standard InChI is InChI=1S/C24H27N3O10/c25-24(26)27-8-10-7-13-15(17(31)12-4-2-1-3-11(12)16(13)30)22(35-6-5-28)21(10)37-23-20(34)19(33)18(32)14(9-29)36-23/h1-4,7,14,18-20,23,28-29,32-34H,5-6,8-9H2,(H4,25,26,27)/t14-,18-,19+,20-,23-/m0/s1. The van der Waals surface area contributed by atoms with E-state index in [0.717, 1.165) is 0 Å². The minimum absolute atomic E-state index is 0.0152. The average Bonchev–Trinajstić information content (AvgIpc) is 2.89. The van der Waals surface area contributed by atoms with Crippen LogP contribution in [0.2, 0.25) is 0 Å². The Morgan fingerprint density at radius 2 is 1.62 bits per heavy atom. The number of rotatable bonds is 8. The summed E-state index contributed by atoms with van der Waals surface area (Å²) in [5.74, 6) is -1.75. The number of aliphatic hydroxyl groups is 5. The van der Waals surface area contributed by atoms with Crippen LogP contribution in [0.1, 0.15) is 37.4 Å². The second-order valence-electron chi connectivity index (χ2n) is 8.45. The molecule has 2 aromatic carbocycles. The van der Waals surface area contributed by atoms with Crippen LogP contribution in [0.4, 0.5) is 0 Å². The van der Waals surface area contributed by atoms with Gasteiger partial charge in [-0.15, -0.1) is 0 Å². The van der Waals surface area contributed by atoms with Crippen LogP contribution < -0.4 is 20.9 Å². The number of carbonyl (C=O) groups is 2. The van der Waals surface area contributed by atoms with Gasteiger partial charge in [-0.1, -0.05) is 24.3 Å². The summed E-state index contributed by atoms with van der Waals surface area (Å²) < 4.78 is 17.0. The zero-order valence-electron chi connectivity index (χ0n) is 19.5. The zero-order valence-corrected chi connectivity index (χ0v) is 19.5. The molecule has 1 saturated heterocycles. The van der Waals surface area contributed by atoms with Gasteiger partial charge in [0.2, 0.25) is 6.29 Å². The second kappa shape index (κ2) is 10.8. The first-order valence-electron chi connectivity index (χ1n) is 11.3. The minimum Gasteiger partial charge on any atom is -0.486 e. The van der Waals surface area contributed by atoms with Crippen molar-refractivity contribution < 1.29 is 49.3 Å². The van der Waals surface area contributed by atoms with E-state index in [4.69, 9.17) is 25.7 Å². The van der Waals surface area contributed by atoms with Crippen molar-refractivity contribution >= 4 is 17.5 Å². The van der Waals surface area contributed by atoms with Crippen LogP contribution in [-0.4, -0.2) is 93.6 Å². The topological polar surface area (TPSA) is 227 Å². The maximum atomic E-state index is 13.5. The van der Waals surface area contributed by atoms with Gasteiger partial charge in [-0.05, 0) is 6.07 Å². The Bertz CT molecular complexity index is 1230. The molecule has 0 saturated carbocycles. The lowest BCUT2D eigenvalue weighted by Gasteiger charge is -2.40. The van der Waals surface area contributed by atoms with Gasteiger partial charge in [0.15, 0.2) is 29.0 Å². The fraction of sp³-hybridized carbons (Fsp3) is 0.375. The van der Waals surface area contributed by atoms with Gasteiger partial charge in [0, 0.05) is 22.3 Å². The molecule has 1 aliphatic carbocycles. The fourth-order valence-electron chi connectivity index (χ4n) is 4.25. The van der Waals surface area contributed by atoms with Gasteiger partial charge in [0.25, 0.3) is 0 Å². The van der Waals surface area contributed by atoms with Crippen LogP contribution in [0, 0.1) is 0 Å². The Balaban J connectivity index is 1.90. The van der Waals surface area contributed by atoms with Crippen LogP contribution in [-0.2, 0) is 11.3 Å². The summed E-state index contributed by atoms with van der Waals surface area (Å²) in [6, 6.07) is 7.57. The molecule has 2 aliphatic rings. The quantitative estimate of drug-likeness (QED) is 0.125. The van der Waals surface area contributed by atoms with Gasteiger partial charge < -0.3 is 51.2 Å². The molecular formula is C24H27N3O10. The van der Waals surface area contributed by atoms with Crippen LogP contribution >= 0.6 is 0 Å². The third-order valence-corrected chi connectivity index (χ3v) is 6.05. The molecule has 1 aliphatic heterocycles. The van der Waals surface area contributed by atoms with Crippen molar-refractivity contribution in [2.45, 2.75) is 37.3 Å². The summed E-state index contributed by atoms with van der Waals surface area (Å²) in [6.07, 6.45) is -8.09. The molecule has 13 nitrogen and oxygen atoms in total. The highest BCUT2D eigenvalue weighted by molar-refractivity contribution is 6.29. The molecule has 1 fully saturated rings. The van der Waals surface area contributed by atoms with Crippen molar-refractivity contribution in [3.05, 3.63) is 58.1 Å². The Kier molecular flexibility index (Phi) is 7.73. The maximum Gasteiger partial charge on any atom is 0.229 e. The monoisotopic (exact) mass is 517 g/mol. The van der Waals surface area contributed by atoms with Crippen molar-refractivity contribution in [1.29, 1.82) is 0 Å². The number of hydrogen-bond acceptors (Lipinski definition) is 11. The molecule has 0 spiro atoms. The molecule has 2 aromatic rings. The molecule has 0 radical (unpaired) electrons. The highest BCUT2D eigenvalue weighted by Crippen LogP contribution is 2.43. The van der Waals surface area contributed by atoms with E-state index in [1.54, 1.807) is 12.1 Å². The number of benzene rings is 2. The highest BCUT2D eigenvalue weighted by Gasteiger charge is 2.46. The summed E-state index contributed by atoms with van der Waals surface area (Å²) in [5, 5.41) is 49.7. The predicted octanol–water partition coefficient (Wildman–Crippen LogP) is -2.21. The van der Waals surface area contributed by atoms with E-state index in [1.807, 2.05) is 0 Å². The van der Waals surface area contributed by atoms with Gasteiger partial charge in [0.1, 0.15) is 31.0 Å². The Hall–Kier alpha value is -3.59. The summed E-state index contributed by atoms with van der Waals surface area (Å²) in [7, 11) is 0. The summed E-state index contributed by atoms with van der Waals surface area (Å²) in [6.45, 7) is -1.70. The molecule has 198 valence electrons. The van der Waals surface area contributed by atoms with E-state index in [1.165, 1.54) is 18.2 Å². The number of ketones is 2. The zero-order chi connectivity index (χ0) is 26.9. The number of hydrogen-bond donors (Lipinski definition) is 7. The largest absolute Gasteiger partial charge is 0.486 e. The van der Waals surface area contributed by atoms with E-state index in [2.05, 4.69) is 4.99 Å². The Morgan fingerprint density at radius 3 is 2.24 bits per heavy atom. The number of ether oxygens (including phenoxy) is 3. The number of aliphatic hydroxyl groups excluding tert-OH is 5. The summed E-state index contributed by atoms with van der Waals surface area (Å²) in [5.41, 5.74) is 11.3. The van der Waals surface area contributed by atoms with Crippen LogP contribution in [0.15, 0.2) is 35.3 Å². The Labute approximate surface area is 210 Å². The predicted molar refractivity (Wildman–Crippen MR) is 126 cm³/mol. The first-order chi connectivity index (χ1) is 17.7. The average molecular weight is 517 g/mol. The normalized spacial score (nSPS) is 24.7. The number of nitrogens with zero attached hydrogens (tertiary/aromatic N) is 1. The first-order valence-corrected chi connectivity index (χ1v) is 11.3. The van der Waals surface area contributed by atoms with E-state index in [9.17, 15) is 35.1 Å². The molecule has 0 unspecified atom stereocenters. The van der Waals surface area contributed by atoms with Crippen LogP contribution in [0.3, 0.4) is 0 Å². The molecule has 1 heterocycles. The van der Waals surface area contributed by atoms with E-state index in [-0.39, 0.29) is 58.4 Å². The molecule has 4 rings (SSSR count). The number of nitrogens with two attached hydrogens (primary N) is 2. The van der Waals surface area contributed by atoms with Crippen molar-refractivity contribution in [2.75, 3.05) is 19.8 Å². The lowest BCUT2D eigenvalue weighted by Crippen LogP contribution is -2.60. The summed E-state index contributed by atoms with van der Waals surface area (Å²) in [4.78, 5) is 30.8. The first kappa shape index (κ1) is 26.5. The lowest BCUT2D eigenvalue weighted by atomic mass is 9.82. The molecule has 5 atom stereocenters.